The van der Waals surface area contributed by atoms with Crippen LogP contribution in [0.3, 0.4) is 0 Å². The molecule has 0 aliphatic heterocycles. The van der Waals surface area contributed by atoms with Crippen molar-refractivity contribution in [3.63, 3.8) is 0 Å². The fraction of sp³-hybridized carbons (Fsp3) is 0.0274. The summed E-state index contributed by atoms with van der Waals surface area (Å²) in [5.74, 6) is 0. The van der Waals surface area contributed by atoms with E-state index in [-0.39, 0.29) is 28.3 Å². The molecule has 0 atom stereocenters. The molecule has 2 heterocycles. The minimum Gasteiger partial charge on any atom is -0.309 e. The summed E-state index contributed by atoms with van der Waals surface area (Å²) in [7, 11) is 0. The lowest BCUT2D eigenvalue weighted by molar-refractivity contribution is -0.143. The average molecular weight is 1130 g/mol. The van der Waals surface area contributed by atoms with Gasteiger partial charge in [0.25, 0.3) is 0 Å². The number of hydrogen-bond acceptors (Lipinski definition) is 5. The zero-order chi connectivity index (χ0) is 59.6. The van der Waals surface area contributed by atoms with Crippen LogP contribution in [0.15, 0.2) is 224 Å². The summed E-state index contributed by atoms with van der Waals surface area (Å²) in [6.45, 7) is 0. The Kier molecular flexibility index (Phi) is 12.9. The van der Waals surface area contributed by atoms with Gasteiger partial charge in [0.05, 0.1) is 97.0 Å². The highest BCUT2D eigenvalue weighted by Crippen LogP contribution is 2.47. The van der Waals surface area contributed by atoms with E-state index in [1.165, 1.54) is 6.07 Å². The lowest BCUT2D eigenvalue weighted by Crippen LogP contribution is -2.11. The topological polar surface area (TPSA) is 129 Å². The minimum absolute atomic E-state index is 0.0145. The molecule has 2 aromatic heterocycles. The predicted molar refractivity (Wildman–Crippen MR) is 321 cm³/mol. The second-order valence-corrected chi connectivity index (χ2v) is 20.7. The molecule has 0 fully saturated rings. The van der Waals surface area contributed by atoms with Gasteiger partial charge in [-0.15, -0.1) is 0 Å². The lowest BCUT2D eigenvalue weighted by Gasteiger charge is -2.21. The second-order valence-electron chi connectivity index (χ2n) is 20.7. The highest BCUT2D eigenvalue weighted by molar-refractivity contribution is 6.14. The summed E-state index contributed by atoms with van der Waals surface area (Å²) in [5, 5.41) is 52.2. The first-order valence-corrected chi connectivity index (χ1v) is 26.8. The van der Waals surface area contributed by atoms with Crippen molar-refractivity contribution in [1.29, 1.82) is 26.3 Å². The van der Waals surface area contributed by atoms with Gasteiger partial charge in [-0.2, -0.15) is 52.7 Å². The molecule has 0 N–H and O–H groups in total. The van der Waals surface area contributed by atoms with Gasteiger partial charge < -0.3 is 9.13 Å². The van der Waals surface area contributed by atoms with Crippen molar-refractivity contribution in [1.82, 2.24) is 9.13 Å². The van der Waals surface area contributed by atoms with Gasteiger partial charge in [0, 0.05) is 32.8 Å². The summed E-state index contributed by atoms with van der Waals surface area (Å²) >= 11 is 0. The Morgan fingerprint density at radius 2 is 0.581 bits per heavy atom. The van der Waals surface area contributed by atoms with E-state index < -0.39 is 23.5 Å². The largest absolute Gasteiger partial charge is 0.416 e. The molecule has 0 amide bonds. The minimum atomic E-state index is -5.17. The normalized spacial score (nSPS) is 11.5. The van der Waals surface area contributed by atoms with Gasteiger partial charge >= 0.3 is 12.4 Å². The standard InChI is InChI=1S/C73H37F6N7/c74-72(75,76)57-30-56(31-58(36-57)73(77,78)79)60-23-22-59(85-67-25-18-52(48-10-1-43(38-80)2-11-48)32-63(67)64-33-53(19-26-68(64)85)49-12-3-44(39-81)4-13-49)37-61(60)62-29-47(42-84)9-24-69(62)86-70-27-20-54(50-14-5-45(40-82)6-15-50)34-65(70)66-35-55(21-28-71(66)86)51-16-7-46(41-83)8-17-51/h1-37H. The van der Waals surface area contributed by atoms with Crippen LogP contribution in [0, 0.1) is 56.7 Å². The van der Waals surface area contributed by atoms with Crippen LogP contribution in [0.1, 0.15) is 38.9 Å². The van der Waals surface area contributed by atoms with E-state index in [9.17, 15) is 52.7 Å². The molecular weight excluding hydrogens is 1090 g/mol. The van der Waals surface area contributed by atoms with Crippen LogP contribution in [-0.2, 0) is 12.4 Å². The Hall–Kier alpha value is -12.0. The Bertz CT molecular complexity index is 4910. The predicted octanol–water partition coefficient (Wildman–Crippen LogP) is 19.3. The number of hydrogen-bond donors (Lipinski definition) is 0. The molecule has 0 spiro atoms. The van der Waals surface area contributed by atoms with Crippen molar-refractivity contribution in [2.75, 3.05) is 0 Å². The fourth-order valence-electron chi connectivity index (χ4n) is 11.5. The van der Waals surface area contributed by atoms with Crippen molar-refractivity contribution in [2.24, 2.45) is 0 Å². The maximum absolute atomic E-state index is 14.9. The maximum Gasteiger partial charge on any atom is 0.416 e. The van der Waals surface area contributed by atoms with E-state index in [1.807, 2.05) is 130 Å². The van der Waals surface area contributed by atoms with Crippen molar-refractivity contribution in [3.05, 3.63) is 263 Å². The van der Waals surface area contributed by atoms with Crippen molar-refractivity contribution >= 4 is 43.6 Å². The smallest absolute Gasteiger partial charge is 0.309 e. The number of rotatable bonds is 8. The van der Waals surface area contributed by atoms with Gasteiger partial charge in [0.15, 0.2) is 0 Å². The number of nitriles is 5. The van der Waals surface area contributed by atoms with Gasteiger partial charge in [-0.25, -0.2) is 0 Å². The molecule has 13 aromatic rings. The molecule has 86 heavy (non-hydrogen) atoms. The van der Waals surface area contributed by atoms with Gasteiger partial charge in [0.2, 0.25) is 0 Å². The van der Waals surface area contributed by atoms with E-state index >= 15 is 0 Å². The number of aromatic nitrogens is 2. The van der Waals surface area contributed by atoms with Crippen LogP contribution in [0.4, 0.5) is 26.3 Å². The average Bonchev–Trinajstić information content (AvgIpc) is 1.63. The molecule has 7 nitrogen and oxygen atoms in total. The molecule has 0 aliphatic rings. The zero-order valence-corrected chi connectivity index (χ0v) is 44.8. The lowest BCUT2D eigenvalue weighted by atomic mass is 9.90. The van der Waals surface area contributed by atoms with Gasteiger partial charge in [-0.3, -0.25) is 0 Å². The van der Waals surface area contributed by atoms with Crippen molar-refractivity contribution in [3.8, 4) is 108 Å². The molecule has 0 bridgehead atoms. The number of alkyl halides is 6. The first kappa shape index (κ1) is 53.4. The SMILES string of the molecule is N#Cc1ccc(-c2ccc3c(c2)c2cc(-c4ccc(C#N)cc4)ccc2n3-c2ccc(-c3cc(C(F)(F)F)cc(C(F)(F)F)c3)c(-c3cc(C#N)ccc3-n3c4ccc(-c5ccc(C#N)cc5)cc4c4cc(-c5ccc(C#N)cc5)ccc43)c2)cc1. The first-order valence-electron chi connectivity index (χ1n) is 26.8. The molecule has 0 unspecified atom stereocenters. The maximum atomic E-state index is 14.9. The number of benzene rings is 11. The molecule has 0 saturated carbocycles. The van der Waals surface area contributed by atoms with Crippen LogP contribution in [0.2, 0.25) is 0 Å². The van der Waals surface area contributed by atoms with E-state index in [2.05, 4.69) is 30.3 Å². The fourth-order valence-corrected chi connectivity index (χ4v) is 11.5. The molecule has 406 valence electrons. The summed E-state index contributed by atoms with van der Waals surface area (Å²) in [6, 6.07) is 74.6. The Balaban J connectivity index is 1.10. The zero-order valence-electron chi connectivity index (χ0n) is 44.8. The van der Waals surface area contributed by atoms with Crippen molar-refractivity contribution < 1.29 is 26.3 Å². The third-order valence-corrected chi connectivity index (χ3v) is 15.7. The van der Waals surface area contributed by atoms with Gasteiger partial charge in [0.1, 0.15) is 0 Å². The van der Waals surface area contributed by atoms with Gasteiger partial charge in [-0.1, -0.05) is 78.9 Å². The van der Waals surface area contributed by atoms with Gasteiger partial charge in [-0.05, 0) is 207 Å². The van der Waals surface area contributed by atoms with E-state index in [1.54, 1.807) is 78.9 Å². The molecule has 0 saturated heterocycles. The van der Waals surface area contributed by atoms with E-state index in [4.69, 9.17) is 0 Å². The summed E-state index contributed by atoms with van der Waals surface area (Å²) in [4.78, 5) is 0. The van der Waals surface area contributed by atoms with Crippen LogP contribution >= 0.6 is 0 Å². The van der Waals surface area contributed by atoms with E-state index in [0.29, 0.717) is 73.4 Å². The quantitative estimate of drug-likeness (QED) is 0.140. The molecule has 0 radical (unpaired) electrons. The third kappa shape index (κ3) is 9.46. The van der Waals surface area contributed by atoms with Crippen LogP contribution in [0.5, 0.6) is 0 Å². The summed E-state index contributed by atoms with van der Waals surface area (Å²) in [5.41, 5.74) is 9.62. The summed E-state index contributed by atoms with van der Waals surface area (Å²) < 4.78 is 93.3. The van der Waals surface area contributed by atoms with Crippen LogP contribution in [0.25, 0.3) is 122 Å². The number of halogens is 6. The highest BCUT2D eigenvalue weighted by Gasteiger charge is 2.37. The third-order valence-electron chi connectivity index (χ3n) is 15.7. The van der Waals surface area contributed by atoms with E-state index in [0.717, 1.165) is 66.1 Å². The molecule has 0 aliphatic carbocycles. The van der Waals surface area contributed by atoms with Crippen LogP contribution in [-0.4, -0.2) is 9.13 Å². The Morgan fingerprint density at radius 1 is 0.256 bits per heavy atom. The molecule has 13 heteroatoms. The van der Waals surface area contributed by atoms with Crippen molar-refractivity contribution in [2.45, 2.75) is 12.4 Å². The van der Waals surface area contributed by atoms with Crippen LogP contribution < -0.4 is 0 Å². The highest BCUT2D eigenvalue weighted by atomic mass is 19.4. The Labute approximate surface area is 487 Å². The monoisotopic (exact) mass is 1130 g/mol. The number of nitrogens with zero attached hydrogens (tertiary/aromatic N) is 7. The first-order chi connectivity index (χ1) is 41.6. The summed E-state index contributed by atoms with van der Waals surface area (Å²) in [6.07, 6.45) is -10.3. The molecule has 11 aromatic carbocycles. The second kappa shape index (κ2) is 20.8. The Morgan fingerprint density at radius 3 is 0.919 bits per heavy atom. The molecular formula is C73H37F6N7. The molecule has 13 rings (SSSR count). The number of fused-ring (bicyclic) bond motifs is 6.